The molecule has 4 rings (SSSR count). The van der Waals surface area contributed by atoms with E-state index in [9.17, 15) is 39.6 Å². The number of halogens is 4. The van der Waals surface area contributed by atoms with E-state index in [1.807, 2.05) is 9.44 Å². The Morgan fingerprint density at radius 3 is 2.30 bits per heavy atom. The second-order valence-corrected chi connectivity index (χ2v) is 14.1. The number of aryl methyl sites for hydroxylation is 1. The average molecular weight is 703 g/mol. The number of amides is 2. The first-order valence-electron chi connectivity index (χ1n) is 13.8. The number of hydrogen-bond acceptors (Lipinski definition) is 7. The summed E-state index contributed by atoms with van der Waals surface area (Å²) in [5, 5.41) is 2.50. The van der Waals surface area contributed by atoms with Crippen molar-refractivity contribution in [3.05, 3.63) is 94.8 Å². The lowest BCUT2D eigenvalue weighted by atomic mass is 9.87. The van der Waals surface area contributed by atoms with Crippen LogP contribution < -0.4 is 19.7 Å². The highest BCUT2D eigenvalue weighted by Gasteiger charge is 2.47. The largest absolute Gasteiger partial charge is 0.351 e. The minimum atomic E-state index is -4.44. The van der Waals surface area contributed by atoms with E-state index < -0.39 is 88.5 Å². The van der Waals surface area contributed by atoms with E-state index in [4.69, 9.17) is 15.8 Å². The molecule has 1 aliphatic carbocycles. The zero-order chi connectivity index (χ0) is 33.7. The van der Waals surface area contributed by atoms with E-state index in [0.717, 1.165) is 22.6 Å². The Kier molecular flexibility index (Phi) is 11.1. The van der Waals surface area contributed by atoms with Gasteiger partial charge in [-0.15, -0.1) is 0 Å². The van der Waals surface area contributed by atoms with Gasteiger partial charge in [0.2, 0.25) is 11.8 Å². The predicted octanol–water partition coefficient (Wildman–Crippen LogP) is 3.61. The van der Waals surface area contributed by atoms with Gasteiger partial charge in [-0.3, -0.25) is 18.7 Å². The summed E-state index contributed by atoms with van der Waals surface area (Å²) >= 11 is 6.37. The van der Waals surface area contributed by atoms with E-state index in [2.05, 4.69) is 5.32 Å². The Morgan fingerprint density at radius 2 is 1.67 bits per heavy atom. The topological polar surface area (TPSA) is 151 Å². The van der Waals surface area contributed by atoms with Crippen LogP contribution in [-0.4, -0.2) is 60.3 Å². The average Bonchev–Trinajstić information content (AvgIpc) is 2.97. The standard InChI is InChI=1S/C29H30ClF3N4O7S2/c1-19-9-11-23(12-10-19)45(40,41)44-14-13-34-46(42,43)35-18-26(38)37(22-6-4-5-20(31)15-22)27(24-7-2-3-8-25(24)30)28(39)36-21-16-29(32,33)17-21/h2-12,15,21,27,34-35H,13-14,16-18H2,1H3,(H,36,39). The van der Waals surface area contributed by atoms with Gasteiger partial charge in [-0.25, -0.2) is 13.2 Å². The normalized spacial score (nSPS) is 15.5. The van der Waals surface area contributed by atoms with E-state index in [-0.39, 0.29) is 21.2 Å². The van der Waals surface area contributed by atoms with Crippen molar-refractivity contribution in [2.45, 2.75) is 42.7 Å². The van der Waals surface area contributed by atoms with Gasteiger partial charge in [0.05, 0.1) is 18.0 Å². The summed E-state index contributed by atoms with van der Waals surface area (Å²) in [5.41, 5.74) is 0.745. The number of carbonyl (C=O) groups excluding carboxylic acids is 2. The van der Waals surface area contributed by atoms with E-state index in [1.54, 1.807) is 25.1 Å². The van der Waals surface area contributed by atoms with Gasteiger partial charge in [0, 0.05) is 41.7 Å². The summed E-state index contributed by atoms with van der Waals surface area (Å²) in [5.74, 6) is -5.68. The summed E-state index contributed by atoms with van der Waals surface area (Å²) in [6, 6.07) is 13.8. The van der Waals surface area contributed by atoms with Crippen molar-refractivity contribution in [3.8, 4) is 0 Å². The summed E-state index contributed by atoms with van der Waals surface area (Å²) in [7, 11) is -8.60. The summed E-state index contributed by atoms with van der Waals surface area (Å²) < 4.78 is 100. The summed E-state index contributed by atoms with van der Waals surface area (Å²) in [6.45, 7) is -0.260. The third-order valence-electron chi connectivity index (χ3n) is 6.85. The van der Waals surface area contributed by atoms with Crippen LogP contribution >= 0.6 is 11.6 Å². The van der Waals surface area contributed by atoms with Gasteiger partial charge in [-0.05, 0) is 43.3 Å². The van der Waals surface area contributed by atoms with Crippen LogP contribution in [0, 0.1) is 12.7 Å². The minimum Gasteiger partial charge on any atom is -0.351 e. The molecule has 0 radical (unpaired) electrons. The molecule has 1 saturated carbocycles. The zero-order valence-electron chi connectivity index (χ0n) is 24.3. The van der Waals surface area contributed by atoms with Crippen molar-refractivity contribution in [2.24, 2.45) is 0 Å². The van der Waals surface area contributed by atoms with Crippen molar-refractivity contribution >= 4 is 49.4 Å². The van der Waals surface area contributed by atoms with Gasteiger partial charge >= 0.3 is 0 Å². The van der Waals surface area contributed by atoms with E-state index in [1.165, 1.54) is 42.5 Å². The summed E-state index contributed by atoms with van der Waals surface area (Å²) in [6.07, 6.45) is -1.24. The zero-order valence-corrected chi connectivity index (χ0v) is 26.6. The molecule has 0 aromatic heterocycles. The second kappa shape index (κ2) is 14.5. The van der Waals surface area contributed by atoms with Gasteiger partial charge in [-0.2, -0.15) is 26.3 Å². The van der Waals surface area contributed by atoms with Crippen LogP contribution in [0.5, 0.6) is 0 Å². The van der Waals surface area contributed by atoms with Gasteiger partial charge in [0.15, 0.2) is 0 Å². The molecule has 0 saturated heterocycles. The van der Waals surface area contributed by atoms with Crippen LogP contribution in [-0.2, 0) is 34.1 Å². The van der Waals surface area contributed by atoms with Crippen LogP contribution in [0.25, 0.3) is 0 Å². The number of nitrogens with zero attached hydrogens (tertiary/aromatic N) is 1. The molecule has 1 atom stereocenters. The molecular formula is C29H30ClF3N4O7S2. The molecule has 1 unspecified atom stereocenters. The molecule has 3 aromatic rings. The molecule has 1 aliphatic rings. The van der Waals surface area contributed by atoms with Crippen molar-refractivity contribution in [2.75, 3.05) is 24.6 Å². The molecule has 3 aromatic carbocycles. The summed E-state index contributed by atoms with van der Waals surface area (Å²) in [4.78, 5) is 27.9. The van der Waals surface area contributed by atoms with Crippen molar-refractivity contribution in [1.29, 1.82) is 0 Å². The highest BCUT2D eigenvalue weighted by atomic mass is 35.5. The Morgan fingerprint density at radius 1 is 1.00 bits per heavy atom. The number of anilines is 1. The number of rotatable bonds is 14. The lowest BCUT2D eigenvalue weighted by Gasteiger charge is -2.38. The van der Waals surface area contributed by atoms with E-state index in [0.29, 0.717) is 0 Å². The first-order valence-corrected chi connectivity index (χ1v) is 17.0. The molecule has 17 heteroatoms. The van der Waals surface area contributed by atoms with Gasteiger partial charge in [0.25, 0.3) is 26.2 Å². The Bertz CT molecular complexity index is 1790. The molecule has 0 bridgehead atoms. The lowest BCUT2D eigenvalue weighted by molar-refractivity contribution is -0.132. The van der Waals surface area contributed by atoms with Crippen LogP contribution in [0.1, 0.15) is 30.0 Å². The monoisotopic (exact) mass is 702 g/mol. The molecule has 248 valence electrons. The van der Waals surface area contributed by atoms with Crippen molar-refractivity contribution < 1.29 is 43.8 Å². The highest BCUT2D eigenvalue weighted by Crippen LogP contribution is 2.39. The fraction of sp³-hybridized carbons (Fsp3) is 0.310. The number of nitrogens with one attached hydrogen (secondary N) is 3. The Balaban J connectivity index is 1.50. The molecule has 3 N–H and O–H groups in total. The number of benzene rings is 3. The van der Waals surface area contributed by atoms with Crippen molar-refractivity contribution in [3.63, 3.8) is 0 Å². The Labute approximate surface area is 269 Å². The second-order valence-electron chi connectivity index (χ2n) is 10.4. The van der Waals surface area contributed by atoms with Crippen molar-refractivity contribution in [1.82, 2.24) is 14.8 Å². The maximum absolute atomic E-state index is 14.3. The number of carbonyl (C=O) groups is 2. The SMILES string of the molecule is Cc1ccc(S(=O)(=O)OCCNS(=O)(=O)NCC(=O)N(c2cccc(F)c2)C(C(=O)NC2CC(F)(F)C2)c2ccccc2Cl)cc1. The molecule has 11 nitrogen and oxygen atoms in total. The maximum atomic E-state index is 14.3. The fourth-order valence-electron chi connectivity index (χ4n) is 4.59. The molecule has 1 fully saturated rings. The third-order valence-corrected chi connectivity index (χ3v) is 9.63. The number of alkyl halides is 2. The first-order chi connectivity index (χ1) is 21.6. The van der Waals surface area contributed by atoms with Crippen LogP contribution in [0.4, 0.5) is 18.9 Å². The van der Waals surface area contributed by atoms with Crippen LogP contribution in [0.3, 0.4) is 0 Å². The molecule has 0 aliphatic heterocycles. The lowest BCUT2D eigenvalue weighted by Crippen LogP contribution is -2.55. The van der Waals surface area contributed by atoms with Gasteiger partial charge in [-0.1, -0.05) is 53.6 Å². The highest BCUT2D eigenvalue weighted by molar-refractivity contribution is 7.87. The van der Waals surface area contributed by atoms with Gasteiger partial charge in [0.1, 0.15) is 11.9 Å². The predicted molar refractivity (Wildman–Crippen MR) is 163 cm³/mol. The third kappa shape index (κ3) is 9.27. The molecular weight excluding hydrogens is 673 g/mol. The molecule has 0 spiro atoms. The van der Waals surface area contributed by atoms with Crippen LogP contribution in [0.15, 0.2) is 77.7 Å². The quantitative estimate of drug-likeness (QED) is 0.172. The van der Waals surface area contributed by atoms with Gasteiger partial charge < -0.3 is 5.32 Å². The minimum absolute atomic E-state index is 0.0265. The van der Waals surface area contributed by atoms with Crippen LogP contribution in [0.2, 0.25) is 5.02 Å². The fourth-order valence-corrected chi connectivity index (χ4v) is 6.51. The Hall–Kier alpha value is -3.54. The molecule has 46 heavy (non-hydrogen) atoms. The smallest absolute Gasteiger partial charge is 0.297 e. The number of hydrogen-bond donors (Lipinski definition) is 3. The van der Waals surface area contributed by atoms with E-state index >= 15 is 0 Å². The maximum Gasteiger partial charge on any atom is 0.297 e. The first kappa shape index (κ1) is 35.3. The molecule has 0 heterocycles. The molecule has 2 amide bonds.